The molecule has 0 atom stereocenters. The van der Waals surface area contributed by atoms with Crippen LogP contribution in [-0.4, -0.2) is 12.0 Å². The molecule has 0 aliphatic rings. The summed E-state index contributed by atoms with van der Waals surface area (Å²) in [5.74, 6) is -0.407. The molecule has 1 nitrogen and oxygen atoms in total. The van der Waals surface area contributed by atoms with Crippen LogP contribution < -0.4 is 0 Å². The molecule has 1 aromatic rings. The fourth-order valence-electron chi connectivity index (χ4n) is 1.30. The van der Waals surface area contributed by atoms with Gasteiger partial charge in [-0.25, -0.2) is 0 Å². The number of carbonyl (C=O) groups excluding carboxylic acids is 1. The van der Waals surface area contributed by atoms with Crippen LogP contribution in [0.1, 0.15) is 29.6 Å². The van der Waals surface area contributed by atoms with Gasteiger partial charge in [0.1, 0.15) is 0 Å². The second kappa shape index (κ2) is 5.74. The van der Waals surface area contributed by atoms with Crippen LogP contribution in [0.4, 0.5) is 13.2 Å². The second-order valence-corrected chi connectivity index (χ2v) is 4.36. The van der Waals surface area contributed by atoms with E-state index in [0.29, 0.717) is 5.02 Å². The van der Waals surface area contributed by atoms with Crippen molar-refractivity contribution >= 4 is 29.0 Å². The molecule has 0 amide bonds. The molecule has 0 fully saturated rings. The Bertz CT molecular complexity index is 416. The zero-order chi connectivity index (χ0) is 13.1. The third kappa shape index (κ3) is 4.96. The summed E-state index contributed by atoms with van der Waals surface area (Å²) in [7, 11) is 0. The van der Waals surface area contributed by atoms with E-state index in [1.165, 1.54) is 18.2 Å². The molecular formula is C11H9Cl2F3O. The number of benzene rings is 1. The summed E-state index contributed by atoms with van der Waals surface area (Å²) in [5.41, 5.74) is 0.207. The number of Topliss-reactive ketones (excluding diaryl/α,β-unsaturated/α-hetero) is 1. The van der Waals surface area contributed by atoms with Crippen LogP contribution in [0.3, 0.4) is 0 Å². The summed E-state index contributed by atoms with van der Waals surface area (Å²) >= 11 is 11.4. The van der Waals surface area contributed by atoms with Gasteiger partial charge in [0.25, 0.3) is 0 Å². The van der Waals surface area contributed by atoms with Crippen LogP contribution in [0.15, 0.2) is 18.2 Å². The van der Waals surface area contributed by atoms with Gasteiger partial charge < -0.3 is 0 Å². The van der Waals surface area contributed by atoms with Gasteiger partial charge in [0, 0.05) is 23.4 Å². The smallest absolute Gasteiger partial charge is 0.294 e. The normalized spacial score (nSPS) is 11.6. The molecule has 1 aromatic carbocycles. The van der Waals surface area contributed by atoms with E-state index in [9.17, 15) is 18.0 Å². The first-order chi connectivity index (χ1) is 7.79. The SMILES string of the molecule is O=C(CCCC(F)(F)F)c1ccc(Cl)cc1Cl. The maximum atomic E-state index is 11.9. The van der Waals surface area contributed by atoms with Gasteiger partial charge in [-0.1, -0.05) is 23.2 Å². The van der Waals surface area contributed by atoms with Crippen molar-refractivity contribution in [1.82, 2.24) is 0 Å². The first-order valence-corrected chi connectivity index (χ1v) is 5.60. The Morgan fingerprint density at radius 1 is 1.24 bits per heavy atom. The van der Waals surface area contributed by atoms with E-state index in [1.807, 2.05) is 0 Å². The Morgan fingerprint density at radius 3 is 2.41 bits per heavy atom. The van der Waals surface area contributed by atoms with Crippen molar-refractivity contribution in [2.24, 2.45) is 0 Å². The van der Waals surface area contributed by atoms with Gasteiger partial charge in [0.2, 0.25) is 0 Å². The van der Waals surface area contributed by atoms with Crippen LogP contribution >= 0.6 is 23.2 Å². The minimum absolute atomic E-state index is 0.162. The van der Waals surface area contributed by atoms with Crippen LogP contribution in [0, 0.1) is 0 Å². The van der Waals surface area contributed by atoms with Gasteiger partial charge in [0.05, 0.1) is 5.02 Å². The molecule has 0 aliphatic carbocycles. The van der Waals surface area contributed by atoms with Crippen molar-refractivity contribution in [1.29, 1.82) is 0 Å². The minimum atomic E-state index is -4.23. The Kier molecular flexibility index (Phi) is 4.83. The summed E-state index contributed by atoms with van der Waals surface area (Å²) in [6, 6.07) is 4.28. The lowest BCUT2D eigenvalue weighted by Gasteiger charge is -2.06. The van der Waals surface area contributed by atoms with Crippen molar-refractivity contribution < 1.29 is 18.0 Å². The van der Waals surface area contributed by atoms with Gasteiger partial charge in [-0.3, -0.25) is 4.79 Å². The predicted molar refractivity (Wildman–Crippen MR) is 60.7 cm³/mol. The van der Waals surface area contributed by atoms with Crippen molar-refractivity contribution in [3.63, 3.8) is 0 Å². The van der Waals surface area contributed by atoms with Crippen LogP contribution in [-0.2, 0) is 0 Å². The Labute approximate surface area is 107 Å². The summed E-state index contributed by atoms with van der Waals surface area (Å²) in [6.07, 6.45) is -5.61. The Balaban J connectivity index is 2.59. The molecule has 0 unspecified atom stereocenters. The maximum Gasteiger partial charge on any atom is 0.389 e. The van der Waals surface area contributed by atoms with Gasteiger partial charge in [-0.15, -0.1) is 0 Å². The fraction of sp³-hybridized carbons (Fsp3) is 0.364. The molecule has 0 aliphatic heterocycles. The second-order valence-electron chi connectivity index (χ2n) is 3.52. The number of alkyl halides is 3. The average molecular weight is 285 g/mol. The van der Waals surface area contributed by atoms with Crippen molar-refractivity contribution in [2.75, 3.05) is 0 Å². The molecular weight excluding hydrogens is 276 g/mol. The predicted octanol–water partition coefficient (Wildman–Crippen LogP) is 4.91. The molecule has 1 rings (SSSR count). The first kappa shape index (κ1) is 14.3. The van der Waals surface area contributed by atoms with E-state index in [-0.39, 0.29) is 23.4 Å². The van der Waals surface area contributed by atoms with Crippen LogP contribution in [0.2, 0.25) is 10.0 Å². The quantitative estimate of drug-likeness (QED) is 0.718. The maximum absolute atomic E-state index is 11.9. The number of hydrogen-bond acceptors (Lipinski definition) is 1. The highest BCUT2D eigenvalue weighted by Gasteiger charge is 2.26. The molecule has 0 aromatic heterocycles. The molecule has 94 valence electrons. The average Bonchev–Trinajstić information content (AvgIpc) is 2.15. The van der Waals surface area contributed by atoms with E-state index >= 15 is 0 Å². The number of rotatable bonds is 4. The van der Waals surface area contributed by atoms with E-state index in [2.05, 4.69) is 0 Å². The number of hydrogen-bond donors (Lipinski definition) is 0. The lowest BCUT2D eigenvalue weighted by atomic mass is 10.1. The highest BCUT2D eigenvalue weighted by Crippen LogP contribution is 2.25. The lowest BCUT2D eigenvalue weighted by Crippen LogP contribution is -2.08. The number of halogens is 5. The molecule has 0 heterocycles. The summed E-state index contributed by atoms with van der Waals surface area (Å²) < 4.78 is 35.7. The van der Waals surface area contributed by atoms with Crippen LogP contribution in [0.25, 0.3) is 0 Å². The van der Waals surface area contributed by atoms with Crippen molar-refractivity contribution in [3.8, 4) is 0 Å². The van der Waals surface area contributed by atoms with Gasteiger partial charge >= 0.3 is 6.18 Å². The summed E-state index contributed by atoms with van der Waals surface area (Å²) in [5, 5.41) is 0.538. The zero-order valence-corrected chi connectivity index (χ0v) is 10.2. The fourth-order valence-corrected chi connectivity index (χ4v) is 1.81. The molecule has 0 N–H and O–H groups in total. The highest BCUT2D eigenvalue weighted by molar-refractivity contribution is 6.36. The lowest BCUT2D eigenvalue weighted by molar-refractivity contribution is -0.135. The van der Waals surface area contributed by atoms with E-state index in [1.54, 1.807) is 0 Å². The largest absolute Gasteiger partial charge is 0.389 e. The van der Waals surface area contributed by atoms with E-state index in [0.717, 1.165) is 0 Å². The molecule has 0 saturated heterocycles. The number of ketones is 1. The van der Waals surface area contributed by atoms with Crippen molar-refractivity contribution in [2.45, 2.75) is 25.4 Å². The topological polar surface area (TPSA) is 17.1 Å². The van der Waals surface area contributed by atoms with Gasteiger partial charge in [0.15, 0.2) is 5.78 Å². The van der Waals surface area contributed by atoms with E-state index in [4.69, 9.17) is 23.2 Å². The first-order valence-electron chi connectivity index (χ1n) is 4.84. The molecule has 0 bridgehead atoms. The molecule has 6 heteroatoms. The van der Waals surface area contributed by atoms with Crippen LogP contribution in [0.5, 0.6) is 0 Å². The van der Waals surface area contributed by atoms with Gasteiger partial charge in [-0.05, 0) is 24.6 Å². The standard InChI is InChI=1S/C11H9Cl2F3O/c12-7-3-4-8(9(13)6-7)10(17)2-1-5-11(14,15)16/h3-4,6H,1-2,5H2. The number of carbonyl (C=O) groups is 1. The third-order valence-electron chi connectivity index (χ3n) is 2.10. The molecule has 0 spiro atoms. The van der Waals surface area contributed by atoms with Crippen molar-refractivity contribution in [3.05, 3.63) is 33.8 Å². The highest BCUT2D eigenvalue weighted by atomic mass is 35.5. The summed E-state index contributed by atoms with van der Waals surface area (Å²) in [4.78, 5) is 11.6. The van der Waals surface area contributed by atoms with Gasteiger partial charge in [-0.2, -0.15) is 13.2 Å². The summed E-state index contributed by atoms with van der Waals surface area (Å²) in [6.45, 7) is 0. The molecule has 0 radical (unpaired) electrons. The molecule has 0 saturated carbocycles. The molecule has 17 heavy (non-hydrogen) atoms. The monoisotopic (exact) mass is 284 g/mol. The minimum Gasteiger partial charge on any atom is -0.294 e. The Morgan fingerprint density at radius 2 is 1.88 bits per heavy atom. The zero-order valence-electron chi connectivity index (χ0n) is 8.65. The Hall–Kier alpha value is -0.740. The third-order valence-corrected chi connectivity index (χ3v) is 2.64. The van der Waals surface area contributed by atoms with E-state index < -0.39 is 18.4 Å².